The summed E-state index contributed by atoms with van der Waals surface area (Å²) in [5.41, 5.74) is 1.41. The first-order chi connectivity index (χ1) is 6.84. The molecule has 0 spiro atoms. The molecule has 1 aromatic heterocycles. The number of aryl methyl sites for hydroxylation is 1. The molecule has 2 fully saturated rings. The summed E-state index contributed by atoms with van der Waals surface area (Å²) < 4.78 is 2.02. The Labute approximate surface area is 84.5 Å². The van der Waals surface area contributed by atoms with Crippen molar-refractivity contribution in [1.29, 1.82) is 0 Å². The van der Waals surface area contributed by atoms with Gasteiger partial charge in [0.05, 0.1) is 0 Å². The number of aromatic nitrogens is 2. The monoisotopic (exact) mass is 191 g/mol. The second kappa shape index (κ2) is 3.09. The predicted molar refractivity (Wildman–Crippen MR) is 55.1 cm³/mol. The molecule has 1 N–H and O–H groups in total. The van der Waals surface area contributed by atoms with Gasteiger partial charge in [-0.15, -0.1) is 0 Å². The van der Waals surface area contributed by atoms with Crippen molar-refractivity contribution in [3.8, 4) is 0 Å². The summed E-state index contributed by atoms with van der Waals surface area (Å²) in [5.74, 6) is 1.64. The molecular weight excluding hydrogens is 174 g/mol. The van der Waals surface area contributed by atoms with Crippen molar-refractivity contribution >= 4 is 0 Å². The molecule has 2 saturated carbocycles. The third-order valence-corrected chi connectivity index (χ3v) is 3.41. The van der Waals surface area contributed by atoms with Gasteiger partial charge in [0.15, 0.2) is 0 Å². The van der Waals surface area contributed by atoms with Crippen LogP contribution < -0.4 is 5.32 Å². The van der Waals surface area contributed by atoms with Crippen LogP contribution in [0.3, 0.4) is 0 Å². The van der Waals surface area contributed by atoms with E-state index in [-0.39, 0.29) is 0 Å². The molecule has 14 heavy (non-hydrogen) atoms. The molecule has 0 bridgehead atoms. The third kappa shape index (κ3) is 1.57. The van der Waals surface area contributed by atoms with E-state index in [0.717, 1.165) is 17.9 Å². The lowest BCUT2D eigenvalue weighted by molar-refractivity contribution is 0.610. The Kier molecular flexibility index (Phi) is 1.87. The summed E-state index contributed by atoms with van der Waals surface area (Å²) in [6, 6.07) is 3.00. The SMILES string of the molecule is Cn1nccc1C1CC1CNC1CC1. The van der Waals surface area contributed by atoms with E-state index in [4.69, 9.17) is 0 Å². The topological polar surface area (TPSA) is 29.9 Å². The van der Waals surface area contributed by atoms with Crippen molar-refractivity contribution in [2.45, 2.75) is 31.2 Å². The zero-order valence-corrected chi connectivity index (χ0v) is 8.61. The highest BCUT2D eigenvalue weighted by atomic mass is 15.3. The molecule has 0 radical (unpaired) electrons. The minimum atomic E-state index is 0.772. The van der Waals surface area contributed by atoms with Crippen LogP contribution in [-0.4, -0.2) is 22.4 Å². The highest BCUT2D eigenvalue weighted by Crippen LogP contribution is 2.46. The van der Waals surface area contributed by atoms with Crippen molar-refractivity contribution in [3.05, 3.63) is 18.0 Å². The molecule has 3 nitrogen and oxygen atoms in total. The lowest BCUT2D eigenvalue weighted by Gasteiger charge is -2.02. The number of nitrogens with one attached hydrogen (secondary N) is 1. The first-order valence-corrected chi connectivity index (χ1v) is 5.56. The average Bonchev–Trinajstić information content (AvgIpc) is 3.07. The van der Waals surface area contributed by atoms with Crippen molar-refractivity contribution in [2.75, 3.05) is 6.54 Å². The van der Waals surface area contributed by atoms with E-state index in [1.54, 1.807) is 0 Å². The minimum Gasteiger partial charge on any atom is -0.314 e. The Hall–Kier alpha value is -0.830. The van der Waals surface area contributed by atoms with Gasteiger partial charge in [-0.2, -0.15) is 5.10 Å². The molecule has 0 aromatic carbocycles. The van der Waals surface area contributed by atoms with E-state index >= 15 is 0 Å². The van der Waals surface area contributed by atoms with Crippen LogP contribution in [0.4, 0.5) is 0 Å². The van der Waals surface area contributed by atoms with Crippen LogP contribution in [0.2, 0.25) is 0 Å². The van der Waals surface area contributed by atoms with Gasteiger partial charge >= 0.3 is 0 Å². The molecule has 0 saturated heterocycles. The van der Waals surface area contributed by atoms with Crippen LogP contribution in [0.5, 0.6) is 0 Å². The molecular formula is C11H17N3. The van der Waals surface area contributed by atoms with E-state index in [0.29, 0.717) is 0 Å². The van der Waals surface area contributed by atoms with Crippen LogP contribution in [-0.2, 0) is 7.05 Å². The molecule has 1 aromatic rings. The Morgan fingerprint density at radius 1 is 1.57 bits per heavy atom. The Balaban J connectivity index is 1.54. The standard InChI is InChI=1S/C11H17N3/c1-14-11(4-5-13-14)10-6-8(10)7-12-9-2-3-9/h4-5,8-10,12H,2-3,6-7H2,1H3. The van der Waals surface area contributed by atoms with Crippen LogP contribution in [0, 0.1) is 5.92 Å². The summed E-state index contributed by atoms with van der Waals surface area (Å²) in [6.45, 7) is 1.21. The maximum atomic E-state index is 4.22. The van der Waals surface area contributed by atoms with Gasteiger partial charge in [-0.3, -0.25) is 4.68 Å². The quantitative estimate of drug-likeness (QED) is 0.777. The third-order valence-electron chi connectivity index (χ3n) is 3.41. The summed E-state index contributed by atoms with van der Waals surface area (Å²) in [5, 5.41) is 7.82. The van der Waals surface area contributed by atoms with Gasteiger partial charge in [0.2, 0.25) is 0 Å². The number of rotatable bonds is 4. The molecule has 2 atom stereocenters. The lowest BCUT2D eigenvalue weighted by Crippen LogP contribution is -2.19. The molecule has 76 valence electrons. The fourth-order valence-electron chi connectivity index (χ4n) is 2.19. The molecule has 1 heterocycles. The number of hydrogen-bond acceptors (Lipinski definition) is 2. The molecule has 2 unspecified atom stereocenters. The summed E-state index contributed by atoms with van der Waals surface area (Å²) >= 11 is 0. The molecule has 3 rings (SSSR count). The van der Waals surface area contributed by atoms with Gasteiger partial charge in [-0.25, -0.2) is 0 Å². The van der Waals surface area contributed by atoms with Crippen molar-refractivity contribution in [2.24, 2.45) is 13.0 Å². The fourth-order valence-corrected chi connectivity index (χ4v) is 2.19. The van der Waals surface area contributed by atoms with E-state index < -0.39 is 0 Å². The largest absolute Gasteiger partial charge is 0.314 e. The van der Waals surface area contributed by atoms with Gasteiger partial charge in [0.25, 0.3) is 0 Å². The van der Waals surface area contributed by atoms with Gasteiger partial charge in [0, 0.05) is 30.9 Å². The maximum Gasteiger partial charge on any atom is 0.0492 e. The van der Waals surface area contributed by atoms with E-state index in [1.807, 2.05) is 17.9 Å². The van der Waals surface area contributed by atoms with Crippen LogP contribution in [0.1, 0.15) is 30.9 Å². The Morgan fingerprint density at radius 3 is 3.07 bits per heavy atom. The Morgan fingerprint density at radius 2 is 2.43 bits per heavy atom. The maximum absolute atomic E-state index is 4.22. The minimum absolute atomic E-state index is 0.772. The highest BCUT2D eigenvalue weighted by molar-refractivity contribution is 5.17. The average molecular weight is 191 g/mol. The molecule has 2 aliphatic rings. The Bertz CT molecular complexity index is 327. The lowest BCUT2D eigenvalue weighted by atomic mass is 10.2. The molecule has 2 aliphatic carbocycles. The van der Waals surface area contributed by atoms with E-state index in [1.165, 1.54) is 31.5 Å². The second-order valence-corrected chi connectivity index (χ2v) is 4.66. The zero-order valence-electron chi connectivity index (χ0n) is 8.61. The summed E-state index contributed by atoms with van der Waals surface area (Å²) in [4.78, 5) is 0. The van der Waals surface area contributed by atoms with E-state index in [2.05, 4.69) is 16.5 Å². The van der Waals surface area contributed by atoms with Gasteiger partial charge in [0.1, 0.15) is 0 Å². The van der Waals surface area contributed by atoms with Gasteiger partial charge < -0.3 is 5.32 Å². The number of hydrogen-bond donors (Lipinski definition) is 1. The zero-order chi connectivity index (χ0) is 9.54. The fraction of sp³-hybridized carbons (Fsp3) is 0.727. The first kappa shape index (κ1) is 8.48. The number of nitrogens with zero attached hydrogens (tertiary/aromatic N) is 2. The summed E-state index contributed by atoms with van der Waals surface area (Å²) in [7, 11) is 2.04. The second-order valence-electron chi connectivity index (χ2n) is 4.66. The van der Waals surface area contributed by atoms with Gasteiger partial charge in [-0.05, 0) is 37.8 Å². The van der Waals surface area contributed by atoms with Crippen molar-refractivity contribution in [3.63, 3.8) is 0 Å². The van der Waals surface area contributed by atoms with Gasteiger partial charge in [-0.1, -0.05) is 0 Å². The normalized spacial score (nSPS) is 30.6. The van der Waals surface area contributed by atoms with Crippen molar-refractivity contribution in [1.82, 2.24) is 15.1 Å². The molecule has 3 heteroatoms. The summed E-state index contributed by atoms with van der Waals surface area (Å²) in [6.07, 6.45) is 6.03. The molecule has 0 aliphatic heterocycles. The van der Waals surface area contributed by atoms with Crippen LogP contribution >= 0.6 is 0 Å². The highest BCUT2D eigenvalue weighted by Gasteiger charge is 2.40. The smallest absolute Gasteiger partial charge is 0.0492 e. The van der Waals surface area contributed by atoms with Crippen molar-refractivity contribution < 1.29 is 0 Å². The van der Waals surface area contributed by atoms with Crippen LogP contribution in [0.15, 0.2) is 12.3 Å². The predicted octanol–water partition coefficient (Wildman–Crippen LogP) is 1.28. The molecule has 0 amide bonds. The first-order valence-electron chi connectivity index (χ1n) is 5.56. The van der Waals surface area contributed by atoms with Crippen LogP contribution in [0.25, 0.3) is 0 Å². The van der Waals surface area contributed by atoms with E-state index in [9.17, 15) is 0 Å².